The van der Waals surface area contributed by atoms with Crippen LogP contribution in [-0.2, 0) is 11.3 Å². The van der Waals surface area contributed by atoms with Crippen LogP contribution in [0.5, 0.6) is 0 Å². The smallest absolute Gasteiger partial charge is 0.222 e. The second-order valence-corrected chi connectivity index (χ2v) is 5.04. The normalized spacial score (nSPS) is 15.6. The summed E-state index contributed by atoms with van der Waals surface area (Å²) in [6, 6.07) is 2.00. The first-order chi connectivity index (χ1) is 8.31. The van der Waals surface area contributed by atoms with Crippen LogP contribution in [0.1, 0.15) is 29.7 Å². The topological polar surface area (TPSA) is 46.3 Å². The van der Waals surface area contributed by atoms with Gasteiger partial charge in [0.05, 0.1) is 13.1 Å². The van der Waals surface area contributed by atoms with Gasteiger partial charge < -0.3 is 10.6 Å². The fourth-order valence-electron chi connectivity index (χ4n) is 1.92. The maximum atomic E-state index is 11.7. The number of amides is 1. The van der Waals surface area contributed by atoms with Crippen molar-refractivity contribution in [2.24, 2.45) is 5.73 Å². The molecule has 1 saturated heterocycles. The molecule has 2 rings (SSSR count). The lowest BCUT2D eigenvalue weighted by Crippen LogP contribution is -2.34. The summed E-state index contributed by atoms with van der Waals surface area (Å²) in [5, 5.41) is 2.02. The van der Waals surface area contributed by atoms with E-state index in [1.807, 2.05) is 16.3 Å². The van der Waals surface area contributed by atoms with Gasteiger partial charge in [0.25, 0.3) is 0 Å². The van der Waals surface area contributed by atoms with Crippen LogP contribution in [0.2, 0.25) is 0 Å². The Labute approximate surface area is 106 Å². The van der Waals surface area contributed by atoms with Gasteiger partial charge in [0.15, 0.2) is 0 Å². The van der Waals surface area contributed by atoms with E-state index in [1.54, 1.807) is 11.3 Å². The summed E-state index contributed by atoms with van der Waals surface area (Å²) in [5.41, 5.74) is 6.38. The number of hydrogen-bond acceptors (Lipinski definition) is 3. The van der Waals surface area contributed by atoms with Gasteiger partial charge in [-0.25, -0.2) is 0 Å². The summed E-state index contributed by atoms with van der Waals surface area (Å²) in [5.74, 6) is 6.18. The number of hydrogen-bond donors (Lipinski definition) is 1. The molecule has 0 radical (unpaired) electrons. The Bertz CT molecular complexity index is 455. The van der Waals surface area contributed by atoms with E-state index in [0.29, 0.717) is 19.5 Å². The Balaban J connectivity index is 2.07. The van der Waals surface area contributed by atoms with E-state index in [0.717, 1.165) is 24.9 Å². The van der Waals surface area contributed by atoms with Crippen molar-refractivity contribution in [3.8, 4) is 11.8 Å². The predicted octanol–water partition coefficient (Wildman–Crippen LogP) is 1.57. The van der Waals surface area contributed by atoms with Crippen molar-refractivity contribution < 1.29 is 4.79 Å². The lowest BCUT2D eigenvalue weighted by atomic mass is 10.1. The monoisotopic (exact) mass is 248 g/mol. The van der Waals surface area contributed by atoms with Crippen molar-refractivity contribution >= 4 is 17.2 Å². The van der Waals surface area contributed by atoms with Gasteiger partial charge in [0, 0.05) is 23.4 Å². The van der Waals surface area contributed by atoms with E-state index in [9.17, 15) is 4.79 Å². The molecule has 0 saturated carbocycles. The number of nitrogens with zero attached hydrogens (tertiary/aromatic N) is 1. The van der Waals surface area contributed by atoms with Crippen LogP contribution in [-0.4, -0.2) is 23.9 Å². The van der Waals surface area contributed by atoms with Crippen LogP contribution in [0.3, 0.4) is 0 Å². The molecule has 0 aliphatic carbocycles. The van der Waals surface area contributed by atoms with Gasteiger partial charge in [0.2, 0.25) is 5.91 Å². The highest BCUT2D eigenvalue weighted by atomic mass is 32.1. The first-order valence-electron chi connectivity index (χ1n) is 5.84. The molecule has 1 aliphatic rings. The molecule has 1 fully saturated rings. The predicted molar refractivity (Wildman–Crippen MR) is 69.5 cm³/mol. The van der Waals surface area contributed by atoms with Crippen molar-refractivity contribution in [1.29, 1.82) is 0 Å². The Morgan fingerprint density at radius 1 is 1.47 bits per heavy atom. The summed E-state index contributed by atoms with van der Waals surface area (Å²) < 4.78 is 0. The van der Waals surface area contributed by atoms with Gasteiger partial charge >= 0.3 is 0 Å². The number of nitrogens with two attached hydrogens (primary N) is 1. The molecule has 2 heterocycles. The molecule has 17 heavy (non-hydrogen) atoms. The molecule has 0 unspecified atom stereocenters. The third-order valence-electron chi connectivity index (χ3n) is 2.83. The van der Waals surface area contributed by atoms with Crippen molar-refractivity contribution in [2.45, 2.75) is 25.8 Å². The summed E-state index contributed by atoms with van der Waals surface area (Å²) >= 11 is 1.66. The minimum absolute atomic E-state index is 0.266. The van der Waals surface area contributed by atoms with Crippen molar-refractivity contribution in [2.75, 3.05) is 13.1 Å². The van der Waals surface area contributed by atoms with E-state index in [1.165, 1.54) is 4.88 Å². The highest BCUT2D eigenvalue weighted by Gasteiger charge is 2.19. The largest absolute Gasteiger partial charge is 0.338 e. The Kier molecular flexibility index (Phi) is 4.18. The van der Waals surface area contributed by atoms with E-state index < -0.39 is 0 Å². The summed E-state index contributed by atoms with van der Waals surface area (Å²) in [4.78, 5) is 14.8. The molecule has 1 aromatic heterocycles. The van der Waals surface area contributed by atoms with E-state index in [2.05, 4.69) is 11.8 Å². The molecule has 1 aliphatic heterocycles. The highest BCUT2D eigenvalue weighted by molar-refractivity contribution is 7.10. The zero-order valence-corrected chi connectivity index (χ0v) is 10.6. The number of rotatable bonds is 2. The van der Waals surface area contributed by atoms with Gasteiger partial charge in [-0.1, -0.05) is 11.8 Å². The van der Waals surface area contributed by atoms with Gasteiger partial charge in [-0.2, -0.15) is 0 Å². The molecule has 0 spiro atoms. The minimum Gasteiger partial charge on any atom is -0.338 e. The molecular weight excluding hydrogens is 232 g/mol. The van der Waals surface area contributed by atoms with Gasteiger partial charge in [-0.3, -0.25) is 4.79 Å². The average molecular weight is 248 g/mol. The minimum atomic E-state index is 0.266. The first-order valence-corrected chi connectivity index (χ1v) is 6.72. The van der Waals surface area contributed by atoms with Crippen LogP contribution in [0, 0.1) is 11.8 Å². The maximum Gasteiger partial charge on any atom is 0.222 e. The maximum absolute atomic E-state index is 11.7. The van der Waals surface area contributed by atoms with E-state index >= 15 is 0 Å². The Hall–Kier alpha value is -1.31. The first kappa shape index (κ1) is 12.2. The van der Waals surface area contributed by atoms with E-state index in [-0.39, 0.29) is 5.91 Å². The lowest BCUT2D eigenvalue weighted by Gasteiger charge is -2.26. The fourth-order valence-corrected chi connectivity index (χ4v) is 2.77. The van der Waals surface area contributed by atoms with Crippen LogP contribution < -0.4 is 5.73 Å². The molecule has 4 heteroatoms. The molecule has 3 nitrogen and oxygen atoms in total. The number of piperidine rings is 1. The van der Waals surface area contributed by atoms with Crippen LogP contribution in [0.4, 0.5) is 0 Å². The molecule has 1 aromatic rings. The Morgan fingerprint density at radius 2 is 2.35 bits per heavy atom. The van der Waals surface area contributed by atoms with Crippen LogP contribution >= 0.6 is 11.3 Å². The SMILES string of the molecule is NCC#Cc1ccsc1CN1CCCCC1=O. The Morgan fingerprint density at radius 3 is 3.12 bits per heavy atom. The number of carbonyl (C=O) groups is 1. The van der Waals surface area contributed by atoms with Crippen LogP contribution in [0.25, 0.3) is 0 Å². The second kappa shape index (κ2) is 5.85. The average Bonchev–Trinajstić information content (AvgIpc) is 2.77. The molecule has 0 aromatic carbocycles. The third kappa shape index (κ3) is 3.09. The lowest BCUT2D eigenvalue weighted by molar-refractivity contribution is -0.133. The number of likely N-dealkylation sites (tertiary alicyclic amines) is 1. The molecule has 1 amide bonds. The van der Waals surface area contributed by atoms with Crippen molar-refractivity contribution in [3.63, 3.8) is 0 Å². The standard InChI is InChI=1S/C13H16N2OS/c14-7-3-4-11-6-9-17-12(11)10-15-8-2-1-5-13(15)16/h6,9H,1-2,5,7-8,10,14H2. The van der Waals surface area contributed by atoms with Gasteiger partial charge in [-0.15, -0.1) is 11.3 Å². The fraction of sp³-hybridized carbons (Fsp3) is 0.462. The van der Waals surface area contributed by atoms with Crippen molar-refractivity contribution in [1.82, 2.24) is 4.90 Å². The summed E-state index contributed by atoms with van der Waals surface area (Å²) in [6.45, 7) is 1.95. The quantitative estimate of drug-likeness (QED) is 0.808. The molecule has 2 N–H and O–H groups in total. The highest BCUT2D eigenvalue weighted by Crippen LogP contribution is 2.21. The van der Waals surface area contributed by atoms with Gasteiger partial charge in [-0.05, 0) is 24.3 Å². The summed E-state index contributed by atoms with van der Waals surface area (Å²) in [7, 11) is 0. The number of carbonyl (C=O) groups excluding carboxylic acids is 1. The number of thiophene rings is 1. The zero-order chi connectivity index (χ0) is 12.1. The molecule has 0 atom stereocenters. The molecular formula is C13H16N2OS. The van der Waals surface area contributed by atoms with E-state index in [4.69, 9.17) is 5.73 Å². The van der Waals surface area contributed by atoms with Crippen molar-refractivity contribution in [3.05, 3.63) is 21.9 Å². The van der Waals surface area contributed by atoms with Gasteiger partial charge in [0.1, 0.15) is 0 Å². The van der Waals surface area contributed by atoms with Crippen LogP contribution in [0.15, 0.2) is 11.4 Å². The zero-order valence-electron chi connectivity index (χ0n) is 9.74. The second-order valence-electron chi connectivity index (χ2n) is 4.04. The molecule has 90 valence electrons. The molecule has 0 bridgehead atoms. The third-order valence-corrected chi connectivity index (χ3v) is 3.73. The summed E-state index contributed by atoms with van der Waals surface area (Å²) in [6.07, 6.45) is 2.83.